The van der Waals surface area contributed by atoms with E-state index < -0.39 is 0 Å². The molecule has 1 saturated heterocycles. The zero-order valence-corrected chi connectivity index (χ0v) is 11.7. The van der Waals surface area contributed by atoms with E-state index in [1.165, 1.54) is 0 Å². The number of hydrogen-bond acceptors (Lipinski definition) is 3. The predicted octanol–water partition coefficient (Wildman–Crippen LogP) is 1.60. The Morgan fingerprint density at radius 1 is 1.44 bits per heavy atom. The summed E-state index contributed by atoms with van der Waals surface area (Å²) in [5.41, 5.74) is 0. The van der Waals surface area contributed by atoms with Crippen LogP contribution >= 0.6 is 11.6 Å². The Morgan fingerprint density at radius 3 is 2.56 bits per heavy atom. The van der Waals surface area contributed by atoms with Gasteiger partial charge in [0.2, 0.25) is 5.91 Å². The molecule has 0 saturated carbocycles. The molecule has 0 aromatic carbocycles. The van der Waals surface area contributed by atoms with Crippen LogP contribution in [-0.2, 0) is 9.53 Å². The monoisotopic (exact) mass is 276 g/mol. The molecule has 0 spiro atoms. The van der Waals surface area contributed by atoms with Crippen LogP contribution < -0.4 is 5.32 Å². The van der Waals surface area contributed by atoms with Gasteiger partial charge >= 0.3 is 6.09 Å². The second kappa shape index (κ2) is 7.46. The summed E-state index contributed by atoms with van der Waals surface area (Å²) in [6.45, 7) is 5.56. The number of hydrogen-bond donors (Lipinski definition) is 1. The highest BCUT2D eigenvalue weighted by Crippen LogP contribution is 2.21. The standard InChI is InChI=1S/C12H21ClN2O3/c1-3-18-12(17)15-6-4-10(5-7-15)9(2)14-11(16)8-13/h9-10H,3-8H2,1-2H3,(H,14,16). The van der Waals surface area contributed by atoms with Crippen molar-refractivity contribution in [3.05, 3.63) is 0 Å². The molecule has 0 bridgehead atoms. The Bertz CT molecular complexity index is 291. The lowest BCUT2D eigenvalue weighted by Gasteiger charge is -2.34. The number of nitrogens with one attached hydrogen (secondary N) is 1. The summed E-state index contributed by atoms with van der Waals surface area (Å²) in [5, 5.41) is 2.86. The Kier molecular flexibility index (Phi) is 6.25. The smallest absolute Gasteiger partial charge is 0.409 e. The van der Waals surface area contributed by atoms with Gasteiger partial charge in [-0.25, -0.2) is 4.79 Å². The van der Waals surface area contributed by atoms with E-state index >= 15 is 0 Å². The molecule has 0 aliphatic carbocycles. The number of carbonyl (C=O) groups excluding carboxylic acids is 2. The Hall–Kier alpha value is -0.970. The van der Waals surface area contributed by atoms with E-state index in [4.69, 9.17) is 16.3 Å². The summed E-state index contributed by atoms with van der Waals surface area (Å²) in [6.07, 6.45) is 1.51. The Balaban J connectivity index is 2.34. The lowest BCUT2D eigenvalue weighted by atomic mass is 9.90. The second-order valence-corrected chi connectivity index (χ2v) is 4.78. The molecule has 0 aromatic rings. The number of piperidine rings is 1. The van der Waals surface area contributed by atoms with Gasteiger partial charge in [0.05, 0.1) is 6.61 Å². The molecule has 1 unspecified atom stereocenters. The summed E-state index contributed by atoms with van der Waals surface area (Å²) in [7, 11) is 0. The van der Waals surface area contributed by atoms with Crippen LogP contribution in [0.4, 0.5) is 4.79 Å². The maximum absolute atomic E-state index is 11.5. The van der Waals surface area contributed by atoms with Crippen molar-refractivity contribution in [2.75, 3.05) is 25.6 Å². The summed E-state index contributed by atoms with van der Waals surface area (Å²) in [5.74, 6) is 0.242. The number of rotatable bonds is 4. The van der Waals surface area contributed by atoms with Crippen LogP contribution in [0.5, 0.6) is 0 Å². The van der Waals surface area contributed by atoms with Crippen molar-refractivity contribution in [1.29, 1.82) is 0 Å². The summed E-state index contributed by atoms with van der Waals surface area (Å²) >= 11 is 5.45. The first kappa shape index (κ1) is 15.1. The van der Waals surface area contributed by atoms with Gasteiger partial charge in [0.15, 0.2) is 0 Å². The van der Waals surface area contributed by atoms with Gasteiger partial charge < -0.3 is 15.0 Å². The number of carbonyl (C=O) groups is 2. The SMILES string of the molecule is CCOC(=O)N1CCC(C(C)NC(=O)CCl)CC1. The number of alkyl halides is 1. The molecule has 1 fully saturated rings. The molecule has 1 aliphatic rings. The van der Waals surface area contributed by atoms with Gasteiger partial charge in [-0.1, -0.05) is 0 Å². The van der Waals surface area contributed by atoms with Crippen LogP contribution in [0, 0.1) is 5.92 Å². The van der Waals surface area contributed by atoms with Gasteiger partial charge in [0.25, 0.3) is 0 Å². The van der Waals surface area contributed by atoms with Crippen molar-refractivity contribution >= 4 is 23.6 Å². The molecular weight excluding hydrogens is 256 g/mol. The fourth-order valence-corrected chi connectivity index (χ4v) is 2.28. The molecule has 18 heavy (non-hydrogen) atoms. The van der Waals surface area contributed by atoms with Crippen LogP contribution in [-0.4, -0.2) is 48.5 Å². The molecule has 5 nitrogen and oxygen atoms in total. The number of ether oxygens (including phenoxy) is 1. The van der Waals surface area contributed by atoms with Gasteiger partial charge in [0, 0.05) is 19.1 Å². The fraction of sp³-hybridized carbons (Fsp3) is 0.833. The molecule has 1 rings (SSSR count). The largest absolute Gasteiger partial charge is 0.450 e. The molecule has 1 heterocycles. The van der Waals surface area contributed by atoms with Gasteiger partial charge in [-0.3, -0.25) is 4.79 Å². The lowest BCUT2D eigenvalue weighted by Crippen LogP contribution is -2.45. The predicted molar refractivity (Wildman–Crippen MR) is 69.6 cm³/mol. The first-order valence-corrected chi connectivity index (χ1v) is 6.89. The minimum Gasteiger partial charge on any atom is -0.450 e. The topological polar surface area (TPSA) is 58.6 Å². The molecule has 1 N–H and O–H groups in total. The van der Waals surface area contributed by atoms with Crippen molar-refractivity contribution in [1.82, 2.24) is 10.2 Å². The van der Waals surface area contributed by atoms with E-state index in [0.29, 0.717) is 25.6 Å². The van der Waals surface area contributed by atoms with Crippen LogP contribution in [0.1, 0.15) is 26.7 Å². The van der Waals surface area contributed by atoms with Crippen LogP contribution in [0.15, 0.2) is 0 Å². The number of amides is 2. The van der Waals surface area contributed by atoms with Crippen molar-refractivity contribution in [3.8, 4) is 0 Å². The third-order valence-corrected chi connectivity index (χ3v) is 3.53. The first-order valence-electron chi connectivity index (χ1n) is 6.35. The van der Waals surface area contributed by atoms with Crippen LogP contribution in [0.2, 0.25) is 0 Å². The van der Waals surface area contributed by atoms with E-state index in [-0.39, 0.29) is 23.9 Å². The number of likely N-dealkylation sites (tertiary alicyclic amines) is 1. The third kappa shape index (κ3) is 4.37. The molecule has 104 valence electrons. The third-order valence-electron chi connectivity index (χ3n) is 3.28. The molecular formula is C12H21ClN2O3. The minimum absolute atomic E-state index is 0.00793. The van der Waals surface area contributed by atoms with E-state index in [1.807, 2.05) is 6.92 Å². The Morgan fingerprint density at radius 2 is 2.06 bits per heavy atom. The van der Waals surface area contributed by atoms with Gasteiger partial charge in [-0.05, 0) is 32.6 Å². The van der Waals surface area contributed by atoms with Crippen molar-refractivity contribution in [3.63, 3.8) is 0 Å². The molecule has 6 heteroatoms. The summed E-state index contributed by atoms with van der Waals surface area (Å²) in [4.78, 5) is 24.4. The van der Waals surface area contributed by atoms with Gasteiger partial charge in [0.1, 0.15) is 5.88 Å². The lowest BCUT2D eigenvalue weighted by molar-refractivity contribution is -0.119. The highest BCUT2D eigenvalue weighted by Gasteiger charge is 2.27. The number of halogens is 1. The van der Waals surface area contributed by atoms with E-state index in [0.717, 1.165) is 12.8 Å². The van der Waals surface area contributed by atoms with E-state index in [1.54, 1.807) is 11.8 Å². The van der Waals surface area contributed by atoms with Gasteiger partial charge in [-0.2, -0.15) is 0 Å². The zero-order valence-electron chi connectivity index (χ0n) is 10.9. The van der Waals surface area contributed by atoms with Crippen molar-refractivity contribution in [2.24, 2.45) is 5.92 Å². The quantitative estimate of drug-likeness (QED) is 0.794. The minimum atomic E-state index is -0.242. The zero-order chi connectivity index (χ0) is 13.5. The summed E-state index contributed by atoms with van der Waals surface area (Å²) in [6, 6.07) is 0.0978. The Labute approximate surface area is 113 Å². The average Bonchev–Trinajstić information content (AvgIpc) is 2.39. The second-order valence-electron chi connectivity index (χ2n) is 4.51. The maximum Gasteiger partial charge on any atom is 0.409 e. The normalized spacial score (nSPS) is 18.3. The molecule has 1 atom stereocenters. The van der Waals surface area contributed by atoms with Crippen molar-refractivity contribution < 1.29 is 14.3 Å². The van der Waals surface area contributed by atoms with E-state index in [9.17, 15) is 9.59 Å². The molecule has 2 amide bonds. The van der Waals surface area contributed by atoms with Crippen molar-refractivity contribution in [2.45, 2.75) is 32.7 Å². The first-order chi connectivity index (χ1) is 8.58. The van der Waals surface area contributed by atoms with Gasteiger partial charge in [-0.15, -0.1) is 11.6 Å². The average molecular weight is 277 g/mol. The maximum atomic E-state index is 11.5. The fourth-order valence-electron chi connectivity index (χ4n) is 2.21. The molecule has 1 aliphatic heterocycles. The van der Waals surface area contributed by atoms with Crippen LogP contribution in [0.3, 0.4) is 0 Å². The highest BCUT2D eigenvalue weighted by molar-refractivity contribution is 6.27. The summed E-state index contributed by atoms with van der Waals surface area (Å²) < 4.78 is 4.96. The van der Waals surface area contributed by atoms with E-state index in [2.05, 4.69) is 5.32 Å². The highest BCUT2D eigenvalue weighted by atomic mass is 35.5. The molecule has 0 radical (unpaired) electrons. The number of nitrogens with zero attached hydrogens (tertiary/aromatic N) is 1. The molecule has 0 aromatic heterocycles. The van der Waals surface area contributed by atoms with Crippen LogP contribution in [0.25, 0.3) is 0 Å².